The molecule has 1 aromatic heterocycles. The Morgan fingerprint density at radius 1 is 1.09 bits per heavy atom. The first kappa shape index (κ1) is 20.4. The van der Waals surface area contributed by atoms with Crippen molar-refractivity contribution in [3.05, 3.63) is 88.4 Å². The predicted octanol–water partition coefficient (Wildman–Crippen LogP) is 5.60. The van der Waals surface area contributed by atoms with Gasteiger partial charge in [0.1, 0.15) is 22.4 Å². The molecule has 1 N–H and O–H groups in total. The number of amides is 1. The van der Waals surface area contributed by atoms with Crippen LogP contribution in [-0.2, 0) is 11.2 Å². The average molecular weight is 465 g/mol. The Morgan fingerprint density at radius 3 is 2.59 bits per heavy atom. The van der Waals surface area contributed by atoms with Crippen molar-refractivity contribution in [2.24, 2.45) is 10.1 Å². The maximum Gasteiger partial charge on any atom is 0.283 e. The molecule has 2 aromatic carbocycles. The molecular formula is C23H14ClFN4O2S. The minimum Gasteiger partial charge on any atom is -0.457 e. The van der Waals surface area contributed by atoms with Crippen LogP contribution in [0.1, 0.15) is 11.3 Å². The van der Waals surface area contributed by atoms with Crippen LogP contribution in [0.25, 0.3) is 17.4 Å². The van der Waals surface area contributed by atoms with Crippen molar-refractivity contribution in [2.75, 3.05) is 0 Å². The Bertz CT molecular complexity index is 1330. The second-order valence-corrected chi connectivity index (χ2v) is 8.50. The number of fused-ring (bicyclic) bond motifs is 1. The molecule has 2 aliphatic rings. The summed E-state index contributed by atoms with van der Waals surface area (Å²) in [5.41, 5.74) is 1.79. The number of halogens is 2. The van der Waals surface area contributed by atoms with Gasteiger partial charge in [0.05, 0.1) is 5.57 Å². The van der Waals surface area contributed by atoms with E-state index in [1.165, 1.54) is 35.0 Å². The summed E-state index contributed by atoms with van der Waals surface area (Å²) in [6, 6.07) is 16.7. The van der Waals surface area contributed by atoms with Gasteiger partial charge < -0.3 is 4.42 Å². The van der Waals surface area contributed by atoms with Crippen molar-refractivity contribution >= 4 is 51.4 Å². The second-order valence-electron chi connectivity index (χ2n) is 7.03. The third kappa shape index (κ3) is 4.02. The van der Waals surface area contributed by atoms with E-state index in [1.807, 2.05) is 12.1 Å². The van der Waals surface area contributed by atoms with Crippen LogP contribution in [0.4, 0.5) is 4.39 Å². The molecule has 5 rings (SSSR count). The number of nitrogens with zero attached hydrogens (tertiary/aromatic N) is 3. The number of aliphatic imine (C=N–C) groups is 1. The highest BCUT2D eigenvalue weighted by molar-refractivity contribution is 8.26. The minimum atomic E-state index is -0.531. The summed E-state index contributed by atoms with van der Waals surface area (Å²) in [6.07, 6.45) is 2.01. The number of amidine groups is 2. The number of hydrazone groups is 1. The zero-order chi connectivity index (χ0) is 22.2. The highest BCUT2D eigenvalue weighted by atomic mass is 35.5. The van der Waals surface area contributed by atoms with Crippen molar-refractivity contribution < 1.29 is 13.6 Å². The first-order chi connectivity index (χ1) is 15.5. The van der Waals surface area contributed by atoms with Crippen molar-refractivity contribution in [2.45, 2.75) is 6.42 Å². The van der Waals surface area contributed by atoms with E-state index in [1.54, 1.807) is 36.4 Å². The van der Waals surface area contributed by atoms with Crippen LogP contribution in [0.5, 0.6) is 0 Å². The standard InChI is InChI=1S/C23H14ClFN4O2S/c24-15-5-1-13(2-6-15)11-20-28-29-21(26)18(22(30)27-23(29)32-20)12-17-9-10-19(31-17)14-3-7-16(25)8-4-14/h1-10,12,26H,11H2/b18-12-,26-21?. The smallest absolute Gasteiger partial charge is 0.283 e. The number of hydrogen-bond donors (Lipinski definition) is 1. The number of nitrogens with one attached hydrogen (secondary N) is 1. The van der Waals surface area contributed by atoms with Gasteiger partial charge in [-0.25, -0.2) is 4.39 Å². The fraction of sp³-hybridized carbons (Fsp3) is 0.0435. The van der Waals surface area contributed by atoms with Crippen molar-refractivity contribution in [1.29, 1.82) is 5.41 Å². The molecule has 0 spiro atoms. The van der Waals surface area contributed by atoms with E-state index in [9.17, 15) is 9.18 Å². The summed E-state index contributed by atoms with van der Waals surface area (Å²) in [6.45, 7) is 0. The number of hydrogen-bond acceptors (Lipinski definition) is 5. The first-order valence-corrected chi connectivity index (χ1v) is 10.7. The highest BCUT2D eigenvalue weighted by Crippen LogP contribution is 2.30. The number of carbonyl (C=O) groups is 1. The van der Waals surface area contributed by atoms with Crippen LogP contribution in [0.3, 0.4) is 0 Å². The summed E-state index contributed by atoms with van der Waals surface area (Å²) in [5.74, 6) is -0.0316. The Morgan fingerprint density at radius 2 is 1.84 bits per heavy atom. The topological polar surface area (TPSA) is 82.0 Å². The van der Waals surface area contributed by atoms with E-state index < -0.39 is 5.91 Å². The van der Waals surface area contributed by atoms with E-state index >= 15 is 0 Å². The quantitative estimate of drug-likeness (QED) is 0.509. The largest absolute Gasteiger partial charge is 0.457 e. The number of furan rings is 1. The minimum absolute atomic E-state index is 0.0710. The Hall–Kier alpha value is -3.49. The molecule has 9 heteroatoms. The lowest BCUT2D eigenvalue weighted by molar-refractivity contribution is -0.114. The lowest BCUT2D eigenvalue weighted by Crippen LogP contribution is -2.35. The summed E-state index contributed by atoms with van der Waals surface area (Å²) in [7, 11) is 0. The summed E-state index contributed by atoms with van der Waals surface area (Å²) >= 11 is 7.19. The molecule has 0 saturated heterocycles. The zero-order valence-electron chi connectivity index (χ0n) is 16.4. The van der Waals surface area contributed by atoms with Crippen molar-refractivity contribution in [3.8, 4) is 11.3 Å². The average Bonchev–Trinajstić information content (AvgIpc) is 3.40. The first-order valence-electron chi connectivity index (χ1n) is 9.55. The molecule has 0 fully saturated rings. The van der Waals surface area contributed by atoms with Crippen LogP contribution >= 0.6 is 23.4 Å². The summed E-state index contributed by atoms with van der Waals surface area (Å²) < 4.78 is 18.9. The van der Waals surface area contributed by atoms with E-state index in [0.29, 0.717) is 33.7 Å². The SMILES string of the molecule is N=C1/C(=C/c2ccc(-c3ccc(F)cc3)o2)C(=O)N=C2SC(Cc3ccc(Cl)cc3)=NN12. The van der Waals surface area contributed by atoms with Crippen LogP contribution in [0, 0.1) is 11.2 Å². The molecule has 3 heterocycles. The Balaban J connectivity index is 1.38. The van der Waals surface area contributed by atoms with E-state index in [4.69, 9.17) is 21.4 Å². The molecular weight excluding hydrogens is 451 g/mol. The molecule has 0 unspecified atom stereocenters. The lowest BCUT2D eigenvalue weighted by Gasteiger charge is -2.19. The Labute approximate surface area is 191 Å². The van der Waals surface area contributed by atoms with Crippen LogP contribution in [0.15, 0.2) is 80.7 Å². The maximum atomic E-state index is 13.1. The summed E-state index contributed by atoms with van der Waals surface area (Å²) in [4.78, 5) is 16.7. The van der Waals surface area contributed by atoms with Gasteiger partial charge in [-0.05, 0) is 71.9 Å². The molecule has 3 aromatic rings. The van der Waals surface area contributed by atoms with Gasteiger partial charge in [-0.2, -0.15) is 15.1 Å². The molecule has 6 nitrogen and oxygen atoms in total. The van der Waals surface area contributed by atoms with E-state index in [2.05, 4.69) is 10.1 Å². The van der Waals surface area contributed by atoms with Gasteiger partial charge in [0.25, 0.3) is 5.91 Å². The van der Waals surface area contributed by atoms with Gasteiger partial charge in [-0.1, -0.05) is 23.7 Å². The molecule has 1 amide bonds. The predicted molar refractivity (Wildman–Crippen MR) is 124 cm³/mol. The lowest BCUT2D eigenvalue weighted by atomic mass is 10.1. The highest BCUT2D eigenvalue weighted by Gasteiger charge is 2.35. The number of thioether (sulfide) groups is 1. The number of carbonyl (C=O) groups excluding carboxylic acids is 1. The van der Waals surface area contributed by atoms with Gasteiger partial charge in [0.2, 0.25) is 5.17 Å². The van der Waals surface area contributed by atoms with Crippen molar-refractivity contribution in [1.82, 2.24) is 5.01 Å². The van der Waals surface area contributed by atoms with Gasteiger partial charge in [-0.15, -0.1) is 0 Å². The molecule has 0 atom stereocenters. The molecule has 0 radical (unpaired) electrons. The number of benzene rings is 2. The zero-order valence-corrected chi connectivity index (χ0v) is 18.0. The van der Waals surface area contributed by atoms with E-state index in [-0.39, 0.29) is 17.2 Å². The fourth-order valence-electron chi connectivity index (χ4n) is 3.22. The van der Waals surface area contributed by atoms with Crippen LogP contribution in [0.2, 0.25) is 5.02 Å². The van der Waals surface area contributed by atoms with Gasteiger partial charge in [0, 0.05) is 17.0 Å². The van der Waals surface area contributed by atoms with Crippen LogP contribution < -0.4 is 0 Å². The maximum absolute atomic E-state index is 13.1. The van der Waals surface area contributed by atoms with Gasteiger partial charge in [0.15, 0.2) is 5.84 Å². The molecule has 0 aliphatic carbocycles. The monoisotopic (exact) mass is 464 g/mol. The molecule has 0 bridgehead atoms. The molecule has 32 heavy (non-hydrogen) atoms. The van der Waals surface area contributed by atoms with Gasteiger partial charge in [-0.3, -0.25) is 10.2 Å². The molecule has 158 valence electrons. The molecule has 2 aliphatic heterocycles. The number of rotatable bonds is 4. The Kier molecular flexibility index (Phi) is 5.24. The van der Waals surface area contributed by atoms with Crippen LogP contribution in [-0.4, -0.2) is 27.0 Å². The normalized spacial score (nSPS) is 16.9. The third-order valence-corrected chi connectivity index (χ3v) is 5.97. The van der Waals surface area contributed by atoms with Crippen molar-refractivity contribution in [3.63, 3.8) is 0 Å². The fourth-order valence-corrected chi connectivity index (χ4v) is 4.27. The third-order valence-electron chi connectivity index (χ3n) is 4.81. The summed E-state index contributed by atoms with van der Waals surface area (Å²) in [5, 5.41) is 16.0. The second kappa shape index (κ2) is 8.22. The van der Waals surface area contributed by atoms with E-state index in [0.717, 1.165) is 10.6 Å². The molecule has 0 saturated carbocycles. The van der Waals surface area contributed by atoms with Gasteiger partial charge >= 0.3 is 0 Å².